The Morgan fingerprint density at radius 3 is 1.23 bits per heavy atom. The first-order chi connectivity index (χ1) is 17.0. The van der Waals surface area contributed by atoms with Crippen molar-refractivity contribution in [2.75, 3.05) is 0 Å². The van der Waals surface area contributed by atoms with Gasteiger partial charge in [-0.3, -0.25) is 0 Å². The second kappa shape index (κ2) is 9.27. The van der Waals surface area contributed by atoms with Gasteiger partial charge in [-0.25, -0.2) is 0 Å². The van der Waals surface area contributed by atoms with E-state index in [1.165, 1.54) is 0 Å². The molecule has 0 spiro atoms. The molecule has 5 aromatic carbocycles. The van der Waals surface area contributed by atoms with Crippen LogP contribution >= 0.6 is 0 Å². The topological polar surface area (TPSA) is 80.9 Å². The van der Waals surface area contributed by atoms with Gasteiger partial charge in [-0.2, -0.15) is 0 Å². The molecule has 0 fully saturated rings. The molecular formula is C31H24O4. The summed E-state index contributed by atoms with van der Waals surface area (Å²) in [5, 5.41) is 41.3. The number of phenols is 4. The summed E-state index contributed by atoms with van der Waals surface area (Å²) in [6, 6.07) is 34.4. The van der Waals surface area contributed by atoms with Crippen LogP contribution < -0.4 is 0 Å². The summed E-state index contributed by atoms with van der Waals surface area (Å²) in [5.41, 5.74) is 5.79. The van der Waals surface area contributed by atoms with Crippen molar-refractivity contribution < 1.29 is 20.4 Å². The van der Waals surface area contributed by atoms with Crippen molar-refractivity contribution >= 4 is 0 Å². The molecule has 4 nitrogen and oxygen atoms in total. The minimum Gasteiger partial charge on any atom is -0.508 e. The van der Waals surface area contributed by atoms with E-state index in [0.717, 1.165) is 27.8 Å². The van der Waals surface area contributed by atoms with E-state index in [0.29, 0.717) is 11.1 Å². The average molecular weight is 461 g/mol. The SMILES string of the molecule is Oc1ccc(-c2ccc(O)c(C(c3ccccc3)c3cc(-c4ccc(O)cc4)ccc3O)c2)cc1. The number of hydrogen-bond donors (Lipinski definition) is 4. The Bertz CT molecular complexity index is 1360. The summed E-state index contributed by atoms with van der Waals surface area (Å²) < 4.78 is 0. The quantitative estimate of drug-likeness (QED) is 0.212. The molecule has 0 bridgehead atoms. The Morgan fingerprint density at radius 2 is 0.800 bits per heavy atom. The monoisotopic (exact) mass is 460 g/mol. The number of rotatable bonds is 5. The van der Waals surface area contributed by atoms with Crippen molar-refractivity contribution in [2.45, 2.75) is 5.92 Å². The van der Waals surface area contributed by atoms with E-state index < -0.39 is 5.92 Å². The summed E-state index contributed by atoms with van der Waals surface area (Å²) in [6.45, 7) is 0. The third-order valence-corrected chi connectivity index (χ3v) is 6.21. The first kappa shape index (κ1) is 22.1. The van der Waals surface area contributed by atoms with Crippen molar-refractivity contribution in [3.63, 3.8) is 0 Å². The van der Waals surface area contributed by atoms with Crippen LogP contribution in [0.3, 0.4) is 0 Å². The highest BCUT2D eigenvalue weighted by atomic mass is 16.3. The summed E-state index contributed by atoms with van der Waals surface area (Å²) >= 11 is 0. The van der Waals surface area contributed by atoms with Gasteiger partial charge in [0, 0.05) is 17.0 Å². The van der Waals surface area contributed by atoms with Crippen LogP contribution in [0.2, 0.25) is 0 Å². The zero-order valence-electron chi connectivity index (χ0n) is 18.8. The normalized spacial score (nSPS) is 11.0. The van der Waals surface area contributed by atoms with Gasteiger partial charge in [0.1, 0.15) is 23.0 Å². The second-order valence-electron chi connectivity index (χ2n) is 8.48. The predicted molar refractivity (Wildman–Crippen MR) is 138 cm³/mol. The van der Waals surface area contributed by atoms with Crippen molar-refractivity contribution in [3.8, 4) is 45.3 Å². The third kappa shape index (κ3) is 4.55. The Morgan fingerprint density at radius 1 is 0.400 bits per heavy atom. The van der Waals surface area contributed by atoms with Crippen molar-refractivity contribution in [1.82, 2.24) is 0 Å². The molecule has 0 saturated carbocycles. The standard InChI is InChI=1S/C31H24O4/c32-25-12-6-20(7-13-25)23-10-16-29(34)27(18-23)31(22-4-2-1-3-5-22)28-19-24(11-17-30(28)35)21-8-14-26(33)15-9-21/h1-19,31-35H. The molecule has 0 aliphatic carbocycles. The third-order valence-electron chi connectivity index (χ3n) is 6.21. The fourth-order valence-corrected chi connectivity index (χ4v) is 4.41. The van der Waals surface area contributed by atoms with E-state index in [4.69, 9.17) is 0 Å². The smallest absolute Gasteiger partial charge is 0.119 e. The molecule has 0 aliphatic rings. The number of phenolic OH excluding ortho intramolecular Hbond substituents is 4. The highest BCUT2D eigenvalue weighted by Gasteiger charge is 2.24. The summed E-state index contributed by atoms with van der Waals surface area (Å²) in [7, 11) is 0. The van der Waals surface area contributed by atoms with Crippen LogP contribution in [-0.2, 0) is 0 Å². The fourth-order valence-electron chi connectivity index (χ4n) is 4.41. The van der Waals surface area contributed by atoms with Crippen LogP contribution in [-0.4, -0.2) is 20.4 Å². The van der Waals surface area contributed by atoms with Crippen molar-refractivity contribution in [2.24, 2.45) is 0 Å². The molecule has 35 heavy (non-hydrogen) atoms. The van der Waals surface area contributed by atoms with Gasteiger partial charge in [0.25, 0.3) is 0 Å². The maximum atomic E-state index is 11.0. The maximum Gasteiger partial charge on any atom is 0.119 e. The molecule has 0 saturated heterocycles. The van der Waals surface area contributed by atoms with Gasteiger partial charge in [-0.05, 0) is 76.3 Å². The lowest BCUT2D eigenvalue weighted by molar-refractivity contribution is 0.458. The highest BCUT2D eigenvalue weighted by molar-refractivity contribution is 5.70. The van der Waals surface area contributed by atoms with Crippen LogP contribution in [0.15, 0.2) is 115 Å². The van der Waals surface area contributed by atoms with E-state index in [2.05, 4.69) is 0 Å². The lowest BCUT2D eigenvalue weighted by Crippen LogP contribution is -2.05. The molecule has 0 amide bonds. The fraction of sp³-hybridized carbons (Fsp3) is 0.0323. The molecule has 172 valence electrons. The van der Waals surface area contributed by atoms with Crippen LogP contribution in [0, 0.1) is 0 Å². The largest absolute Gasteiger partial charge is 0.508 e. The van der Waals surface area contributed by atoms with Gasteiger partial charge in [0.05, 0.1) is 0 Å². The highest BCUT2D eigenvalue weighted by Crippen LogP contribution is 2.43. The second-order valence-corrected chi connectivity index (χ2v) is 8.48. The molecule has 0 unspecified atom stereocenters. The van der Waals surface area contributed by atoms with Gasteiger partial charge in [0.2, 0.25) is 0 Å². The molecule has 0 aromatic heterocycles. The Balaban J connectivity index is 1.69. The number of hydrogen-bond acceptors (Lipinski definition) is 4. The average Bonchev–Trinajstić information content (AvgIpc) is 2.88. The lowest BCUT2D eigenvalue weighted by Gasteiger charge is -2.22. The van der Waals surface area contributed by atoms with Crippen LogP contribution in [0.5, 0.6) is 23.0 Å². The van der Waals surface area contributed by atoms with E-state index in [1.807, 2.05) is 78.9 Å². The molecule has 4 heteroatoms. The number of aromatic hydroxyl groups is 4. The molecule has 0 aliphatic heterocycles. The van der Waals surface area contributed by atoms with E-state index >= 15 is 0 Å². The first-order valence-electron chi connectivity index (χ1n) is 11.3. The molecule has 4 N–H and O–H groups in total. The molecule has 0 radical (unpaired) electrons. The Hall–Kier alpha value is -4.70. The van der Waals surface area contributed by atoms with Crippen molar-refractivity contribution in [1.29, 1.82) is 0 Å². The molecule has 5 rings (SSSR count). The number of benzene rings is 5. The van der Waals surface area contributed by atoms with E-state index in [1.54, 1.807) is 36.4 Å². The van der Waals surface area contributed by atoms with Crippen LogP contribution in [0.1, 0.15) is 22.6 Å². The predicted octanol–water partition coefficient (Wildman–Crippen LogP) is 7.02. The van der Waals surface area contributed by atoms with Gasteiger partial charge in [-0.1, -0.05) is 66.7 Å². The molecule has 5 aromatic rings. The molecular weight excluding hydrogens is 436 g/mol. The summed E-state index contributed by atoms with van der Waals surface area (Å²) in [4.78, 5) is 0. The van der Waals surface area contributed by atoms with Gasteiger partial charge >= 0.3 is 0 Å². The van der Waals surface area contributed by atoms with E-state index in [-0.39, 0.29) is 23.0 Å². The Labute approximate surface area is 203 Å². The lowest BCUT2D eigenvalue weighted by atomic mass is 9.82. The van der Waals surface area contributed by atoms with Gasteiger partial charge < -0.3 is 20.4 Å². The van der Waals surface area contributed by atoms with Gasteiger partial charge in [0.15, 0.2) is 0 Å². The zero-order chi connectivity index (χ0) is 24.4. The van der Waals surface area contributed by atoms with Crippen LogP contribution in [0.25, 0.3) is 22.3 Å². The molecule has 0 atom stereocenters. The first-order valence-corrected chi connectivity index (χ1v) is 11.3. The zero-order valence-corrected chi connectivity index (χ0v) is 18.8. The minimum absolute atomic E-state index is 0.121. The van der Waals surface area contributed by atoms with Crippen LogP contribution in [0.4, 0.5) is 0 Å². The van der Waals surface area contributed by atoms with Crippen molar-refractivity contribution in [3.05, 3.63) is 132 Å². The molecule has 0 heterocycles. The van der Waals surface area contributed by atoms with E-state index in [9.17, 15) is 20.4 Å². The summed E-state index contributed by atoms with van der Waals surface area (Å²) in [6.07, 6.45) is 0. The summed E-state index contributed by atoms with van der Waals surface area (Å²) in [5.74, 6) is 0.175. The van der Waals surface area contributed by atoms with Gasteiger partial charge in [-0.15, -0.1) is 0 Å². The minimum atomic E-state index is -0.440. The Kier molecular flexibility index (Phi) is 5.86. The maximum absolute atomic E-state index is 11.0.